The van der Waals surface area contributed by atoms with Crippen LogP contribution in [0.15, 0.2) is 48.5 Å². The third-order valence-corrected chi connectivity index (χ3v) is 4.78. The van der Waals surface area contributed by atoms with Crippen molar-refractivity contribution < 1.29 is 22.8 Å². The molecule has 150 valence electrons. The highest BCUT2D eigenvalue weighted by molar-refractivity contribution is 7.98. The van der Waals surface area contributed by atoms with E-state index in [-0.39, 0.29) is 16.3 Å². The number of carbonyl (C=O) groups excluding carboxylic acids is 2. The van der Waals surface area contributed by atoms with Crippen LogP contribution in [-0.4, -0.2) is 29.9 Å². The summed E-state index contributed by atoms with van der Waals surface area (Å²) in [5.74, 6) is -0.562. The van der Waals surface area contributed by atoms with Gasteiger partial charge in [0.15, 0.2) is 0 Å². The van der Waals surface area contributed by atoms with Gasteiger partial charge in [-0.2, -0.15) is 24.9 Å². The molecule has 0 heterocycles. The van der Waals surface area contributed by atoms with Crippen molar-refractivity contribution in [3.05, 3.63) is 64.7 Å². The minimum atomic E-state index is -4.52. The normalized spacial score (nSPS) is 12.3. The van der Waals surface area contributed by atoms with Crippen molar-refractivity contribution in [3.63, 3.8) is 0 Å². The summed E-state index contributed by atoms with van der Waals surface area (Å²) in [6.45, 7) is 0. The lowest BCUT2D eigenvalue weighted by Crippen LogP contribution is -2.44. The zero-order valence-electron chi connectivity index (χ0n) is 14.8. The van der Waals surface area contributed by atoms with Gasteiger partial charge >= 0.3 is 6.18 Å². The standard InChI is InChI=1S/C19H18ClF3N2O2S/c1-28-10-9-16(25-17(26)14-7-2-3-8-15(14)20)18(27)24-13-6-4-5-12(11-13)19(21,22)23/h2-8,11,16H,9-10H2,1H3,(H,24,27)(H,25,26). The van der Waals surface area contributed by atoms with E-state index in [4.69, 9.17) is 11.6 Å². The highest BCUT2D eigenvalue weighted by Gasteiger charge is 2.31. The molecule has 0 spiro atoms. The Hall–Kier alpha value is -2.19. The summed E-state index contributed by atoms with van der Waals surface area (Å²) < 4.78 is 38.5. The highest BCUT2D eigenvalue weighted by Crippen LogP contribution is 2.30. The largest absolute Gasteiger partial charge is 0.416 e. The molecule has 0 fully saturated rings. The first-order valence-electron chi connectivity index (χ1n) is 8.25. The van der Waals surface area contributed by atoms with Gasteiger partial charge in [-0.1, -0.05) is 29.8 Å². The van der Waals surface area contributed by atoms with Gasteiger partial charge in [0.05, 0.1) is 16.1 Å². The third-order valence-electron chi connectivity index (χ3n) is 3.81. The molecule has 4 nitrogen and oxygen atoms in total. The van der Waals surface area contributed by atoms with E-state index in [1.165, 1.54) is 30.0 Å². The Morgan fingerprint density at radius 3 is 2.50 bits per heavy atom. The second-order valence-electron chi connectivity index (χ2n) is 5.86. The van der Waals surface area contributed by atoms with E-state index in [2.05, 4.69) is 10.6 Å². The van der Waals surface area contributed by atoms with Gasteiger partial charge in [-0.15, -0.1) is 0 Å². The maximum absolute atomic E-state index is 12.8. The number of hydrogen-bond acceptors (Lipinski definition) is 3. The van der Waals surface area contributed by atoms with E-state index < -0.39 is 29.6 Å². The molecule has 0 bridgehead atoms. The Bertz CT molecular complexity index is 846. The molecule has 2 aromatic carbocycles. The van der Waals surface area contributed by atoms with Gasteiger partial charge in [0.25, 0.3) is 5.91 Å². The number of nitrogens with one attached hydrogen (secondary N) is 2. The molecule has 0 saturated heterocycles. The number of anilines is 1. The molecule has 0 radical (unpaired) electrons. The van der Waals surface area contributed by atoms with E-state index >= 15 is 0 Å². The molecule has 0 aliphatic carbocycles. The smallest absolute Gasteiger partial charge is 0.340 e. The van der Waals surface area contributed by atoms with E-state index in [0.717, 1.165) is 12.1 Å². The monoisotopic (exact) mass is 430 g/mol. The van der Waals surface area contributed by atoms with E-state index in [9.17, 15) is 22.8 Å². The van der Waals surface area contributed by atoms with Crippen LogP contribution in [0.5, 0.6) is 0 Å². The number of hydrogen-bond donors (Lipinski definition) is 2. The number of benzene rings is 2. The minimum Gasteiger partial charge on any atom is -0.340 e. The quantitative estimate of drug-likeness (QED) is 0.660. The lowest BCUT2D eigenvalue weighted by Gasteiger charge is -2.19. The third kappa shape index (κ3) is 6.17. The Kier molecular flexibility index (Phi) is 7.77. The summed E-state index contributed by atoms with van der Waals surface area (Å²) in [7, 11) is 0. The zero-order chi connectivity index (χ0) is 20.7. The molecule has 1 atom stereocenters. The van der Waals surface area contributed by atoms with Crippen LogP contribution >= 0.6 is 23.4 Å². The van der Waals surface area contributed by atoms with Crippen molar-refractivity contribution in [2.24, 2.45) is 0 Å². The SMILES string of the molecule is CSCCC(NC(=O)c1ccccc1Cl)C(=O)Nc1cccc(C(F)(F)F)c1. The van der Waals surface area contributed by atoms with E-state index in [0.29, 0.717) is 12.2 Å². The highest BCUT2D eigenvalue weighted by atomic mass is 35.5. The Morgan fingerprint density at radius 1 is 1.14 bits per heavy atom. The van der Waals surface area contributed by atoms with Gasteiger partial charge in [0, 0.05) is 5.69 Å². The van der Waals surface area contributed by atoms with Crippen molar-refractivity contribution in [1.29, 1.82) is 0 Å². The molecule has 0 aliphatic heterocycles. The zero-order valence-corrected chi connectivity index (χ0v) is 16.4. The molecule has 2 aromatic rings. The molecule has 2 N–H and O–H groups in total. The van der Waals surface area contributed by atoms with Crippen LogP contribution < -0.4 is 10.6 Å². The summed E-state index contributed by atoms with van der Waals surface area (Å²) in [5.41, 5.74) is -0.655. The van der Waals surface area contributed by atoms with Crippen LogP contribution in [0.3, 0.4) is 0 Å². The second kappa shape index (κ2) is 9.84. The van der Waals surface area contributed by atoms with Crippen molar-refractivity contribution in [1.82, 2.24) is 5.32 Å². The molecular formula is C19H18ClF3N2O2S. The molecular weight excluding hydrogens is 413 g/mol. The predicted molar refractivity (Wildman–Crippen MR) is 106 cm³/mol. The molecule has 28 heavy (non-hydrogen) atoms. The number of halogens is 4. The van der Waals surface area contributed by atoms with Crippen molar-refractivity contribution >= 4 is 40.9 Å². The Labute approximate surface area is 169 Å². The lowest BCUT2D eigenvalue weighted by atomic mass is 10.1. The molecule has 2 amide bonds. The molecule has 2 rings (SSSR count). The molecule has 0 aromatic heterocycles. The Balaban J connectivity index is 2.15. The van der Waals surface area contributed by atoms with E-state index in [1.807, 2.05) is 6.26 Å². The fraction of sp³-hybridized carbons (Fsp3) is 0.263. The van der Waals surface area contributed by atoms with Gasteiger partial charge in [-0.25, -0.2) is 0 Å². The van der Waals surface area contributed by atoms with Gasteiger partial charge in [0.1, 0.15) is 6.04 Å². The first kappa shape index (κ1) is 22.1. The van der Waals surface area contributed by atoms with Crippen LogP contribution in [0.1, 0.15) is 22.3 Å². The fourth-order valence-electron chi connectivity index (χ4n) is 2.39. The summed E-state index contributed by atoms with van der Waals surface area (Å²) in [5, 5.41) is 5.28. The number of carbonyl (C=O) groups is 2. The number of rotatable bonds is 7. The number of alkyl halides is 3. The fourth-order valence-corrected chi connectivity index (χ4v) is 3.08. The van der Waals surface area contributed by atoms with Crippen molar-refractivity contribution in [2.45, 2.75) is 18.6 Å². The maximum atomic E-state index is 12.8. The van der Waals surface area contributed by atoms with Crippen LogP contribution in [0.2, 0.25) is 5.02 Å². The summed E-state index contributed by atoms with van der Waals surface area (Å²) in [6.07, 6.45) is -2.36. The van der Waals surface area contributed by atoms with Crippen molar-refractivity contribution in [3.8, 4) is 0 Å². The summed E-state index contributed by atoms with van der Waals surface area (Å²) >= 11 is 7.48. The van der Waals surface area contributed by atoms with Gasteiger partial charge in [-0.3, -0.25) is 9.59 Å². The minimum absolute atomic E-state index is 0.000897. The van der Waals surface area contributed by atoms with E-state index in [1.54, 1.807) is 18.2 Å². The predicted octanol–water partition coefficient (Wildman–Crippen LogP) is 4.85. The van der Waals surface area contributed by atoms with Crippen molar-refractivity contribution in [2.75, 3.05) is 17.3 Å². The molecule has 0 aliphatic rings. The molecule has 0 saturated carbocycles. The number of thioether (sulfide) groups is 1. The molecule has 9 heteroatoms. The topological polar surface area (TPSA) is 58.2 Å². The summed E-state index contributed by atoms with van der Waals surface area (Å²) in [4.78, 5) is 25.0. The van der Waals surface area contributed by atoms with Gasteiger partial charge in [0.2, 0.25) is 5.91 Å². The Morgan fingerprint density at radius 2 is 1.86 bits per heavy atom. The average molecular weight is 431 g/mol. The van der Waals surface area contributed by atoms with Crippen LogP contribution in [0, 0.1) is 0 Å². The first-order valence-corrected chi connectivity index (χ1v) is 10.0. The van der Waals surface area contributed by atoms with Crippen LogP contribution in [0.25, 0.3) is 0 Å². The molecule has 1 unspecified atom stereocenters. The van der Waals surface area contributed by atoms with Gasteiger partial charge < -0.3 is 10.6 Å². The second-order valence-corrected chi connectivity index (χ2v) is 7.25. The van der Waals surface area contributed by atoms with Crippen LogP contribution in [0.4, 0.5) is 18.9 Å². The first-order chi connectivity index (χ1) is 13.2. The average Bonchev–Trinajstić information content (AvgIpc) is 2.64. The summed E-state index contributed by atoms with van der Waals surface area (Å²) in [6, 6.07) is 9.78. The van der Waals surface area contributed by atoms with Crippen LogP contribution in [-0.2, 0) is 11.0 Å². The number of amides is 2. The van der Waals surface area contributed by atoms with Gasteiger partial charge in [-0.05, 0) is 48.8 Å². The lowest BCUT2D eigenvalue weighted by molar-refractivity contribution is -0.137. The maximum Gasteiger partial charge on any atom is 0.416 e.